The van der Waals surface area contributed by atoms with Gasteiger partial charge in [0.05, 0.1) is 36.1 Å². The minimum Gasteiger partial charge on any atom is -0.465 e. The fourth-order valence-electron chi connectivity index (χ4n) is 4.02. The Hall–Kier alpha value is -3.61. The number of ether oxygens (including phenoxy) is 1. The summed E-state index contributed by atoms with van der Waals surface area (Å²) in [7, 11) is 1.24. The first-order valence-electron chi connectivity index (χ1n) is 11.4. The molecule has 3 aromatic rings. The predicted molar refractivity (Wildman–Crippen MR) is 139 cm³/mol. The molecular weight excluding hydrogens is 536 g/mol. The lowest BCUT2D eigenvalue weighted by Crippen LogP contribution is -2.56. The number of esters is 1. The number of thioether (sulfide) groups is 1. The lowest BCUT2D eigenvalue weighted by atomic mass is 10.0. The maximum atomic E-state index is 13.8. The van der Waals surface area contributed by atoms with Crippen LogP contribution >= 0.6 is 23.1 Å². The molecule has 3 atom stereocenters. The van der Waals surface area contributed by atoms with Crippen molar-refractivity contribution in [2.24, 2.45) is 5.73 Å². The van der Waals surface area contributed by atoms with Crippen LogP contribution in [-0.2, 0) is 25.5 Å². The first kappa shape index (κ1) is 27.4. The summed E-state index contributed by atoms with van der Waals surface area (Å²) in [6.45, 7) is 1.37. The van der Waals surface area contributed by atoms with Gasteiger partial charge < -0.3 is 15.8 Å². The van der Waals surface area contributed by atoms with Gasteiger partial charge in [-0.2, -0.15) is 0 Å². The highest BCUT2D eigenvalue weighted by molar-refractivity contribution is 8.00. The summed E-state index contributed by atoms with van der Waals surface area (Å²) in [6.07, 6.45) is -0.556. The summed E-state index contributed by atoms with van der Waals surface area (Å²) in [5.41, 5.74) is 6.59. The Kier molecular flexibility index (Phi) is 8.24. The molecule has 12 heteroatoms. The molecule has 0 bridgehead atoms. The lowest BCUT2D eigenvalue weighted by molar-refractivity contribution is -0.151. The normalized spacial score (nSPS) is 17.6. The summed E-state index contributed by atoms with van der Waals surface area (Å²) in [6, 6.07) is 8.56. The molecule has 3 amide bonds. The second kappa shape index (κ2) is 11.4. The van der Waals surface area contributed by atoms with Gasteiger partial charge >= 0.3 is 5.97 Å². The van der Waals surface area contributed by atoms with Crippen LogP contribution in [0.25, 0.3) is 0 Å². The summed E-state index contributed by atoms with van der Waals surface area (Å²) >= 11 is 2.39. The van der Waals surface area contributed by atoms with E-state index in [-0.39, 0.29) is 11.1 Å². The molecular formula is C26H23F2N3O5S2. The third kappa shape index (κ3) is 5.77. The van der Waals surface area contributed by atoms with Gasteiger partial charge in [-0.1, -0.05) is 12.1 Å². The molecule has 0 fully saturated rings. The number of hydrogen-bond acceptors (Lipinski definition) is 8. The summed E-state index contributed by atoms with van der Waals surface area (Å²) in [5.74, 6) is -4.72. The number of amides is 3. The molecule has 2 unspecified atom stereocenters. The van der Waals surface area contributed by atoms with Gasteiger partial charge in [-0.3, -0.25) is 19.3 Å². The van der Waals surface area contributed by atoms with Crippen molar-refractivity contribution in [2.75, 3.05) is 12.4 Å². The average molecular weight is 560 g/mol. The van der Waals surface area contributed by atoms with Crippen molar-refractivity contribution in [3.05, 3.63) is 81.5 Å². The molecule has 38 heavy (non-hydrogen) atoms. The zero-order valence-corrected chi connectivity index (χ0v) is 21.9. The number of rotatable bonds is 6. The van der Waals surface area contributed by atoms with Crippen LogP contribution in [0.4, 0.5) is 14.5 Å². The van der Waals surface area contributed by atoms with E-state index in [9.17, 15) is 28.0 Å². The first-order valence-corrected chi connectivity index (χ1v) is 13.1. The van der Waals surface area contributed by atoms with Crippen molar-refractivity contribution in [1.82, 2.24) is 4.90 Å². The molecule has 198 valence electrons. The van der Waals surface area contributed by atoms with Crippen molar-refractivity contribution < 1.29 is 32.7 Å². The Bertz CT molecular complexity index is 1390. The molecule has 0 saturated carbocycles. The largest absolute Gasteiger partial charge is 0.465 e. The van der Waals surface area contributed by atoms with Crippen LogP contribution in [0.3, 0.4) is 0 Å². The van der Waals surface area contributed by atoms with Crippen LogP contribution in [0, 0.1) is 11.6 Å². The Balaban J connectivity index is 1.82. The quantitative estimate of drug-likeness (QED) is 0.440. The molecule has 4 rings (SSSR count). The number of imide groups is 1. The number of nitrogens with two attached hydrogens (primary N) is 1. The van der Waals surface area contributed by atoms with E-state index in [0.29, 0.717) is 21.5 Å². The number of halogens is 2. The van der Waals surface area contributed by atoms with E-state index in [0.717, 1.165) is 17.0 Å². The number of carbonyl (C=O) groups is 4. The molecule has 0 spiro atoms. The number of fused-ring (bicyclic) bond motifs is 1. The van der Waals surface area contributed by atoms with Gasteiger partial charge in [-0.15, -0.1) is 23.1 Å². The molecule has 0 aliphatic carbocycles. The second-order valence-electron chi connectivity index (χ2n) is 8.54. The summed E-state index contributed by atoms with van der Waals surface area (Å²) in [4.78, 5) is 54.7. The maximum absolute atomic E-state index is 13.8. The highest BCUT2D eigenvalue weighted by atomic mass is 32.2. The van der Waals surface area contributed by atoms with Gasteiger partial charge in [0.15, 0.2) is 0 Å². The van der Waals surface area contributed by atoms with Crippen molar-refractivity contribution in [1.29, 1.82) is 0 Å². The number of nitrogens with one attached hydrogen (secondary N) is 1. The van der Waals surface area contributed by atoms with Crippen LogP contribution in [-0.4, -0.2) is 47.8 Å². The van der Waals surface area contributed by atoms with Gasteiger partial charge in [0.1, 0.15) is 17.7 Å². The molecule has 0 radical (unpaired) electrons. The third-order valence-corrected chi connectivity index (χ3v) is 8.27. The van der Waals surface area contributed by atoms with E-state index in [1.807, 2.05) is 0 Å². The molecule has 0 saturated heterocycles. The zero-order chi connectivity index (χ0) is 27.6. The number of anilines is 1. The molecule has 1 aromatic heterocycles. The van der Waals surface area contributed by atoms with Crippen molar-refractivity contribution in [2.45, 2.75) is 35.6 Å². The Morgan fingerprint density at radius 1 is 1.13 bits per heavy atom. The standard InChI is InChI=1S/C26H23F2N3O5S2/c1-13(29)25(34)31(21(32)9-14-7-16(27)11-17(28)8-14)22-23(20-10-15(12-37-20)26(35)36-2)38-19-6-4-3-5-18(19)30-24(22)33/h3-8,10-13,22-23H,9,29H2,1-2H3,(H,30,33)/t13-,22?,23?/m0/s1. The number of benzene rings is 2. The fraction of sp³-hybridized carbons (Fsp3) is 0.231. The third-order valence-electron chi connectivity index (χ3n) is 5.73. The number of hydrogen-bond donors (Lipinski definition) is 2. The van der Waals surface area contributed by atoms with Crippen molar-refractivity contribution in [3.8, 4) is 0 Å². The zero-order valence-electron chi connectivity index (χ0n) is 20.3. The molecule has 8 nitrogen and oxygen atoms in total. The number of carbonyl (C=O) groups excluding carboxylic acids is 4. The fourth-order valence-corrected chi connectivity index (χ4v) is 6.45. The van der Waals surface area contributed by atoms with Gasteiger partial charge in [-0.05, 0) is 42.8 Å². The second-order valence-corrected chi connectivity index (χ2v) is 10.7. The van der Waals surface area contributed by atoms with Crippen LogP contribution in [0.15, 0.2) is 58.8 Å². The maximum Gasteiger partial charge on any atom is 0.338 e. The molecule has 3 N–H and O–H groups in total. The summed E-state index contributed by atoms with van der Waals surface area (Å²) in [5, 5.41) is 3.49. The van der Waals surface area contributed by atoms with Crippen molar-refractivity contribution >= 4 is 52.5 Å². The van der Waals surface area contributed by atoms with Gasteiger partial charge in [0.25, 0.3) is 0 Å². The first-order chi connectivity index (χ1) is 18.1. The monoisotopic (exact) mass is 559 g/mol. The van der Waals surface area contributed by atoms with E-state index in [4.69, 9.17) is 10.5 Å². The van der Waals surface area contributed by atoms with E-state index in [2.05, 4.69) is 5.32 Å². The molecule has 2 heterocycles. The predicted octanol–water partition coefficient (Wildman–Crippen LogP) is 3.91. The minimum absolute atomic E-state index is 0.0133. The number of thiophene rings is 1. The highest BCUT2D eigenvalue weighted by Gasteiger charge is 2.44. The SMILES string of the molecule is COC(=O)c1csc(C2Sc3ccccc3NC(=O)C2N(C(=O)Cc2cc(F)cc(F)c2)C(=O)[C@H](C)N)c1. The molecule has 1 aliphatic rings. The highest BCUT2D eigenvalue weighted by Crippen LogP contribution is 2.47. The average Bonchev–Trinajstić information content (AvgIpc) is 3.30. The summed E-state index contributed by atoms with van der Waals surface area (Å²) < 4.78 is 32.4. The number of para-hydroxylation sites is 1. The smallest absolute Gasteiger partial charge is 0.338 e. The van der Waals surface area contributed by atoms with E-state index >= 15 is 0 Å². The Morgan fingerprint density at radius 3 is 2.47 bits per heavy atom. The lowest BCUT2D eigenvalue weighted by Gasteiger charge is -2.33. The number of nitrogens with zero attached hydrogens (tertiary/aromatic N) is 1. The Labute approximate surface area is 225 Å². The Morgan fingerprint density at radius 2 is 1.82 bits per heavy atom. The topological polar surface area (TPSA) is 119 Å². The number of methoxy groups -OCH3 is 1. The van der Waals surface area contributed by atoms with Crippen LogP contribution in [0.5, 0.6) is 0 Å². The molecule has 1 aliphatic heterocycles. The van der Waals surface area contributed by atoms with E-state index in [1.165, 1.54) is 37.1 Å². The van der Waals surface area contributed by atoms with Gasteiger partial charge in [0, 0.05) is 21.2 Å². The van der Waals surface area contributed by atoms with E-state index < -0.39 is 59.1 Å². The van der Waals surface area contributed by atoms with Crippen molar-refractivity contribution in [3.63, 3.8) is 0 Å². The minimum atomic E-state index is -1.40. The van der Waals surface area contributed by atoms with Crippen LogP contribution in [0.1, 0.15) is 33.0 Å². The van der Waals surface area contributed by atoms with E-state index in [1.54, 1.807) is 35.7 Å². The van der Waals surface area contributed by atoms with Crippen LogP contribution < -0.4 is 11.1 Å². The molecule has 2 aromatic carbocycles. The van der Waals surface area contributed by atoms with Gasteiger partial charge in [0.2, 0.25) is 17.7 Å². The van der Waals surface area contributed by atoms with Gasteiger partial charge in [-0.25, -0.2) is 13.6 Å². The van der Waals surface area contributed by atoms with Crippen LogP contribution in [0.2, 0.25) is 0 Å².